The van der Waals surface area contributed by atoms with Crippen LogP contribution in [0.3, 0.4) is 0 Å². The Bertz CT molecular complexity index is 504. The summed E-state index contributed by atoms with van der Waals surface area (Å²) in [6, 6.07) is 3.49. The van der Waals surface area contributed by atoms with E-state index in [-0.39, 0.29) is 5.56 Å². The van der Waals surface area contributed by atoms with E-state index in [1.807, 2.05) is 13.8 Å². The highest BCUT2D eigenvalue weighted by molar-refractivity contribution is 5.95. The molecule has 0 aliphatic heterocycles. The van der Waals surface area contributed by atoms with E-state index >= 15 is 0 Å². The summed E-state index contributed by atoms with van der Waals surface area (Å²) in [5, 5.41) is 23.0. The second-order valence-corrected chi connectivity index (χ2v) is 4.61. The highest BCUT2D eigenvalue weighted by atomic mass is 16.6. The van der Waals surface area contributed by atoms with E-state index in [4.69, 9.17) is 5.73 Å². The maximum atomic E-state index is 12.1. The van der Waals surface area contributed by atoms with Crippen LogP contribution >= 0.6 is 0 Å². The number of phenolic OH excluding ortho intramolecular Hbond substituents is 1. The molecule has 0 radical (unpaired) electrons. The molecule has 4 N–H and O–H groups in total. The van der Waals surface area contributed by atoms with Crippen LogP contribution < -0.4 is 11.1 Å². The lowest BCUT2D eigenvalue weighted by molar-refractivity contribution is -0.385. The van der Waals surface area contributed by atoms with Crippen molar-refractivity contribution >= 4 is 11.6 Å². The predicted octanol–water partition coefficient (Wildman–Crippen LogP) is 1.55. The van der Waals surface area contributed by atoms with Gasteiger partial charge in [0.2, 0.25) is 0 Å². The fourth-order valence-electron chi connectivity index (χ4n) is 1.90. The standard InChI is InChI=1S/C13H19N3O4/c1-3-13(4-2,8-14)15-12(18)9-5-6-10(16(19)20)11(17)7-9/h5-7,17H,3-4,8,14H2,1-2H3,(H,15,18). The molecule has 0 saturated heterocycles. The molecule has 0 bridgehead atoms. The molecule has 0 saturated carbocycles. The smallest absolute Gasteiger partial charge is 0.310 e. The molecule has 0 aliphatic rings. The fourth-order valence-corrected chi connectivity index (χ4v) is 1.90. The Morgan fingerprint density at radius 3 is 2.45 bits per heavy atom. The van der Waals surface area contributed by atoms with Crippen LogP contribution in [0.2, 0.25) is 0 Å². The van der Waals surface area contributed by atoms with Crippen molar-refractivity contribution in [1.82, 2.24) is 5.32 Å². The molecule has 0 atom stereocenters. The lowest BCUT2D eigenvalue weighted by Crippen LogP contribution is -2.52. The van der Waals surface area contributed by atoms with Gasteiger partial charge in [-0.05, 0) is 25.0 Å². The van der Waals surface area contributed by atoms with Crippen LogP contribution in [0.25, 0.3) is 0 Å². The van der Waals surface area contributed by atoms with Gasteiger partial charge in [-0.25, -0.2) is 0 Å². The Kier molecular flexibility index (Phi) is 5.04. The SMILES string of the molecule is CCC(CC)(CN)NC(=O)c1ccc([N+](=O)[O-])c(O)c1. The lowest BCUT2D eigenvalue weighted by Gasteiger charge is -2.31. The van der Waals surface area contributed by atoms with E-state index in [0.717, 1.165) is 12.1 Å². The maximum absolute atomic E-state index is 12.1. The number of hydrogen-bond acceptors (Lipinski definition) is 5. The molecule has 0 unspecified atom stereocenters. The first-order chi connectivity index (χ1) is 9.39. The number of carbonyl (C=O) groups is 1. The molecular formula is C13H19N3O4. The summed E-state index contributed by atoms with van der Waals surface area (Å²) in [5.41, 5.74) is 4.92. The third-order valence-electron chi connectivity index (χ3n) is 3.56. The van der Waals surface area contributed by atoms with Gasteiger partial charge in [0.05, 0.1) is 10.5 Å². The molecule has 0 aromatic heterocycles. The van der Waals surface area contributed by atoms with E-state index in [9.17, 15) is 20.0 Å². The van der Waals surface area contributed by atoms with Gasteiger partial charge in [0, 0.05) is 18.2 Å². The molecule has 1 amide bonds. The number of benzene rings is 1. The highest BCUT2D eigenvalue weighted by Gasteiger charge is 2.27. The van der Waals surface area contributed by atoms with Gasteiger partial charge in [0.25, 0.3) is 5.91 Å². The van der Waals surface area contributed by atoms with Gasteiger partial charge in [-0.2, -0.15) is 0 Å². The second kappa shape index (κ2) is 6.33. The molecule has 0 heterocycles. The fraction of sp³-hybridized carbons (Fsp3) is 0.462. The first-order valence-electron chi connectivity index (χ1n) is 6.39. The second-order valence-electron chi connectivity index (χ2n) is 4.61. The third kappa shape index (κ3) is 3.24. The molecule has 7 heteroatoms. The van der Waals surface area contributed by atoms with Crippen molar-refractivity contribution in [3.8, 4) is 5.75 Å². The summed E-state index contributed by atoms with van der Waals surface area (Å²) in [4.78, 5) is 22.0. The van der Waals surface area contributed by atoms with Crippen LogP contribution in [-0.2, 0) is 0 Å². The molecule has 7 nitrogen and oxygen atoms in total. The molecule has 1 aromatic carbocycles. The lowest BCUT2D eigenvalue weighted by atomic mass is 9.92. The summed E-state index contributed by atoms with van der Waals surface area (Å²) in [7, 11) is 0. The number of rotatable bonds is 6. The third-order valence-corrected chi connectivity index (χ3v) is 3.56. The molecule has 0 fully saturated rings. The quantitative estimate of drug-likeness (QED) is 0.540. The number of nitrogens with one attached hydrogen (secondary N) is 1. The van der Waals surface area contributed by atoms with Crippen LogP contribution in [0.1, 0.15) is 37.0 Å². The number of hydrogen-bond donors (Lipinski definition) is 3. The van der Waals surface area contributed by atoms with Crippen molar-refractivity contribution in [3.63, 3.8) is 0 Å². The summed E-state index contributed by atoms with van der Waals surface area (Å²) < 4.78 is 0. The van der Waals surface area contributed by atoms with Crippen molar-refractivity contribution in [2.24, 2.45) is 5.73 Å². The van der Waals surface area contributed by atoms with Crippen molar-refractivity contribution in [2.45, 2.75) is 32.2 Å². The Morgan fingerprint density at radius 1 is 1.45 bits per heavy atom. The van der Waals surface area contributed by atoms with Crippen LogP contribution in [0.15, 0.2) is 18.2 Å². The first kappa shape index (κ1) is 15.9. The van der Waals surface area contributed by atoms with E-state index in [1.54, 1.807) is 0 Å². The maximum Gasteiger partial charge on any atom is 0.310 e. The Balaban J connectivity index is 2.99. The minimum Gasteiger partial charge on any atom is -0.502 e. The zero-order valence-electron chi connectivity index (χ0n) is 11.5. The van der Waals surface area contributed by atoms with Gasteiger partial charge in [-0.3, -0.25) is 14.9 Å². The summed E-state index contributed by atoms with van der Waals surface area (Å²) in [5.74, 6) is -0.946. The monoisotopic (exact) mass is 281 g/mol. The number of nitrogens with two attached hydrogens (primary N) is 1. The minimum atomic E-state index is -0.709. The van der Waals surface area contributed by atoms with Crippen molar-refractivity contribution in [1.29, 1.82) is 0 Å². The summed E-state index contributed by atoms with van der Waals surface area (Å²) >= 11 is 0. The predicted molar refractivity (Wildman–Crippen MR) is 74.6 cm³/mol. The average Bonchev–Trinajstić information content (AvgIpc) is 2.44. The van der Waals surface area contributed by atoms with Gasteiger partial charge < -0.3 is 16.2 Å². The number of nitrogens with zero attached hydrogens (tertiary/aromatic N) is 1. The number of aromatic hydroxyl groups is 1. The highest BCUT2D eigenvalue weighted by Crippen LogP contribution is 2.26. The number of nitro groups is 1. The summed E-state index contributed by atoms with van der Waals surface area (Å²) in [6.45, 7) is 4.14. The minimum absolute atomic E-state index is 0.160. The van der Waals surface area contributed by atoms with Gasteiger partial charge >= 0.3 is 5.69 Å². The van der Waals surface area contributed by atoms with E-state index in [0.29, 0.717) is 19.4 Å². The van der Waals surface area contributed by atoms with E-state index in [1.165, 1.54) is 6.07 Å². The largest absolute Gasteiger partial charge is 0.502 e. The molecule has 110 valence electrons. The molecule has 1 aromatic rings. The Labute approximate surface area is 116 Å². The van der Waals surface area contributed by atoms with Crippen molar-refractivity contribution < 1.29 is 14.8 Å². The molecule has 1 rings (SSSR count). The van der Waals surface area contributed by atoms with Crippen LogP contribution in [-0.4, -0.2) is 28.0 Å². The normalized spacial score (nSPS) is 11.2. The van der Waals surface area contributed by atoms with Crippen LogP contribution in [0.5, 0.6) is 5.75 Å². The molecule has 0 spiro atoms. The van der Waals surface area contributed by atoms with Crippen molar-refractivity contribution in [3.05, 3.63) is 33.9 Å². The van der Waals surface area contributed by atoms with E-state index in [2.05, 4.69) is 5.32 Å². The van der Waals surface area contributed by atoms with Gasteiger partial charge in [-0.15, -0.1) is 0 Å². The first-order valence-corrected chi connectivity index (χ1v) is 6.39. The topological polar surface area (TPSA) is 118 Å². The summed E-state index contributed by atoms with van der Waals surface area (Å²) in [6.07, 6.45) is 1.34. The average molecular weight is 281 g/mol. The number of carbonyl (C=O) groups excluding carboxylic acids is 1. The zero-order valence-corrected chi connectivity index (χ0v) is 11.5. The van der Waals surface area contributed by atoms with Gasteiger partial charge in [0.1, 0.15) is 0 Å². The van der Waals surface area contributed by atoms with Gasteiger partial charge in [-0.1, -0.05) is 13.8 Å². The van der Waals surface area contributed by atoms with Gasteiger partial charge in [0.15, 0.2) is 5.75 Å². The van der Waals surface area contributed by atoms with Crippen LogP contribution in [0, 0.1) is 10.1 Å². The zero-order chi connectivity index (χ0) is 15.3. The van der Waals surface area contributed by atoms with Crippen molar-refractivity contribution in [2.75, 3.05) is 6.54 Å². The Hall–Kier alpha value is -2.15. The molecule has 20 heavy (non-hydrogen) atoms. The van der Waals surface area contributed by atoms with E-state index < -0.39 is 27.8 Å². The number of nitro benzene ring substituents is 1. The van der Waals surface area contributed by atoms with Crippen LogP contribution in [0.4, 0.5) is 5.69 Å². The molecular weight excluding hydrogens is 262 g/mol. The number of amides is 1. The molecule has 0 aliphatic carbocycles. The number of phenols is 1. The Morgan fingerprint density at radius 2 is 2.05 bits per heavy atom.